The van der Waals surface area contributed by atoms with Crippen molar-refractivity contribution >= 4 is 17.7 Å². The quantitative estimate of drug-likeness (QED) is 0.673. The summed E-state index contributed by atoms with van der Waals surface area (Å²) in [7, 11) is 1.58. The highest BCUT2D eigenvalue weighted by Crippen LogP contribution is 2.30. The smallest absolute Gasteiger partial charge is 0.409 e. The lowest BCUT2D eigenvalue weighted by Gasteiger charge is -2.09. The highest BCUT2D eigenvalue weighted by atomic mass is 35.5. The van der Waals surface area contributed by atoms with Crippen LogP contribution in [0.25, 0.3) is 11.1 Å². The van der Waals surface area contributed by atoms with Gasteiger partial charge in [0.2, 0.25) is 5.88 Å². The third-order valence-electron chi connectivity index (χ3n) is 3.95. The lowest BCUT2D eigenvalue weighted by atomic mass is 10.0. The van der Waals surface area contributed by atoms with Crippen LogP contribution in [-0.4, -0.2) is 18.2 Å². The van der Waals surface area contributed by atoms with Gasteiger partial charge in [-0.3, -0.25) is 0 Å². The first kappa shape index (κ1) is 18.7. The molecule has 1 heterocycles. The third-order valence-corrected chi connectivity index (χ3v) is 4.15. The Labute approximate surface area is 162 Å². The van der Waals surface area contributed by atoms with E-state index in [0.717, 1.165) is 28.7 Å². The van der Waals surface area contributed by atoms with Crippen molar-refractivity contribution in [3.8, 4) is 22.8 Å². The van der Waals surface area contributed by atoms with E-state index < -0.39 is 6.09 Å². The maximum atomic E-state index is 10.7. The van der Waals surface area contributed by atoms with Crippen LogP contribution in [0.1, 0.15) is 11.1 Å². The van der Waals surface area contributed by atoms with Crippen molar-refractivity contribution in [3.05, 3.63) is 83.4 Å². The molecule has 5 nitrogen and oxygen atoms in total. The Balaban J connectivity index is 1.66. The molecule has 2 N–H and O–H groups in total. The number of methoxy groups -OCH3 is 1. The van der Waals surface area contributed by atoms with Gasteiger partial charge in [-0.05, 0) is 47.7 Å². The summed E-state index contributed by atoms with van der Waals surface area (Å²) in [6.07, 6.45) is 3.60. The van der Waals surface area contributed by atoms with Gasteiger partial charge >= 0.3 is 6.09 Å². The number of benzene rings is 2. The van der Waals surface area contributed by atoms with Gasteiger partial charge in [-0.2, -0.15) is 0 Å². The number of carbonyl (C=O) groups excluding carboxylic acids is 1. The molecule has 0 aliphatic heterocycles. The van der Waals surface area contributed by atoms with Gasteiger partial charge in [0.25, 0.3) is 0 Å². The van der Waals surface area contributed by atoms with Gasteiger partial charge in [0.1, 0.15) is 5.75 Å². The minimum absolute atomic E-state index is 0.430. The Hall–Kier alpha value is -3.05. The van der Waals surface area contributed by atoms with Crippen molar-refractivity contribution in [1.82, 2.24) is 4.98 Å². The fraction of sp³-hybridized carbons (Fsp3) is 0.0952. The van der Waals surface area contributed by atoms with Crippen LogP contribution >= 0.6 is 11.6 Å². The standard InChI is InChI=1S/C21H18ClN2O3/c1-26-20-19(12-17(22)13-24-20)16-8-4-14(5-9-16)2-3-15-6-10-18(11-7-15)27-21(23)25/h2,4-13H,3H2,1H3,(H2,23,25). The molecule has 0 saturated carbocycles. The zero-order valence-corrected chi connectivity index (χ0v) is 15.4. The number of primary amides is 1. The van der Waals surface area contributed by atoms with Crippen LogP contribution in [0, 0.1) is 6.42 Å². The second-order valence-electron chi connectivity index (χ2n) is 5.81. The normalized spacial score (nSPS) is 10.4. The number of nitrogens with zero attached hydrogens (tertiary/aromatic N) is 1. The van der Waals surface area contributed by atoms with Crippen molar-refractivity contribution < 1.29 is 14.3 Å². The summed E-state index contributed by atoms with van der Waals surface area (Å²) in [5.74, 6) is 0.967. The summed E-state index contributed by atoms with van der Waals surface area (Å²) < 4.78 is 10.1. The van der Waals surface area contributed by atoms with Crippen LogP contribution < -0.4 is 15.2 Å². The van der Waals surface area contributed by atoms with Crippen LogP contribution in [-0.2, 0) is 6.42 Å². The SMILES string of the molecule is COc1ncc(Cl)cc1-c1ccc([CH]Cc2ccc(OC(N)=O)cc2)cc1. The van der Waals surface area contributed by atoms with Gasteiger partial charge < -0.3 is 15.2 Å². The molecule has 0 saturated heterocycles. The first-order chi connectivity index (χ1) is 13.0. The van der Waals surface area contributed by atoms with Crippen molar-refractivity contribution in [3.63, 3.8) is 0 Å². The van der Waals surface area contributed by atoms with Crippen molar-refractivity contribution in [1.29, 1.82) is 0 Å². The number of halogens is 1. The molecule has 1 aromatic heterocycles. The van der Waals surface area contributed by atoms with Crippen LogP contribution in [0.3, 0.4) is 0 Å². The Bertz CT molecular complexity index is 925. The third kappa shape index (κ3) is 4.99. The molecule has 0 unspecified atom stereocenters. The summed E-state index contributed by atoms with van der Waals surface area (Å²) in [4.78, 5) is 14.9. The van der Waals surface area contributed by atoms with Gasteiger partial charge in [0.15, 0.2) is 0 Å². The molecule has 0 aliphatic carbocycles. The van der Waals surface area contributed by atoms with Crippen LogP contribution in [0.4, 0.5) is 4.79 Å². The summed E-state index contributed by atoms with van der Waals surface area (Å²) in [6.45, 7) is 0. The van der Waals surface area contributed by atoms with E-state index in [4.69, 9.17) is 26.8 Å². The number of amides is 1. The zero-order chi connectivity index (χ0) is 19.2. The number of nitrogens with two attached hydrogens (primary N) is 1. The van der Waals surface area contributed by atoms with Crippen molar-refractivity contribution in [2.45, 2.75) is 6.42 Å². The molecule has 0 spiro atoms. The van der Waals surface area contributed by atoms with E-state index in [1.165, 1.54) is 0 Å². The number of carbonyl (C=O) groups is 1. The number of pyridine rings is 1. The van der Waals surface area contributed by atoms with Gasteiger partial charge in [-0.25, -0.2) is 9.78 Å². The number of aromatic nitrogens is 1. The lowest BCUT2D eigenvalue weighted by Crippen LogP contribution is -2.16. The first-order valence-electron chi connectivity index (χ1n) is 8.24. The summed E-state index contributed by atoms with van der Waals surface area (Å²) >= 11 is 6.05. The predicted octanol–water partition coefficient (Wildman–Crippen LogP) is 4.66. The average molecular weight is 382 g/mol. The van der Waals surface area contributed by atoms with Crippen molar-refractivity contribution in [2.75, 3.05) is 7.11 Å². The molecule has 3 rings (SSSR count). The van der Waals surface area contributed by atoms with E-state index in [-0.39, 0.29) is 0 Å². The fourth-order valence-corrected chi connectivity index (χ4v) is 2.80. The Morgan fingerprint density at radius 2 is 1.85 bits per heavy atom. The van der Waals surface area contributed by atoms with E-state index in [0.29, 0.717) is 16.7 Å². The molecule has 1 radical (unpaired) electrons. The number of hydrogen-bond acceptors (Lipinski definition) is 4. The summed E-state index contributed by atoms with van der Waals surface area (Å²) in [6, 6.07) is 17.1. The molecule has 2 aromatic carbocycles. The molecule has 6 heteroatoms. The summed E-state index contributed by atoms with van der Waals surface area (Å²) in [5.41, 5.74) is 9.00. The number of rotatable bonds is 6. The first-order valence-corrected chi connectivity index (χ1v) is 8.62. The van der Waals surface area contributed by atoms with E-state index in [9.17, 15) is 4.79 Å². The second kappa shape index (κ2) is 8.56. The fourth-order valence-electron chi connectivity index (χ4n) is 2.64. The lowest BCUT2D eigenvalue weighted by molar-refractivity contribution is 0.211. The van der Waals surface area contributed by atoms with Crippen LogP contribution in [0.15, 0.2) is 60.8 Å². The molecule has 137 valence electrons. The minimum Gasteiger partial charge on any atom is -0.481 e. The highest BCUT2D eigenvalue weighted by molar-refractivity contribution is 6.30. The van der Waals surface area contributed by atoms with Gasteiger partial charge in [-0.15, -0.1) is 0 Å². The number of ether oxygens (including phenoxy) is 2. The molecule has 0 bridgehead atoms. The van der Waals surface area contributed by atoms with Crippen LogP contribution in [0.2, 0.25) is 5.02 Å². The van der Waals surface area contributed by atoms with E-state index in [1.807, 2.05) is 42.5 Å². The van der Waals surface area contributed by atoms with Gasteiger partial charge in [-0.1, -0.05) is 48.0 Å². The maximum Gasteiger partial charge on any atom is 0.409 e. The molecule has 3 aromatic rings. The zero-order valence-electron chi connectivity index (χ0n) is 14.7. The van der Waals surface area contributed by atoms with E-state index in [1.54, 1.807) is 25.4 Å². The Morgan fingerprint density at radius 3 is 2.48 bits per heavy atom. The average Bonchev–Trinajstić information content (AvgIpc) is 2.67. The highest BCUT2D eigenvalue weighted by Gasteiger charge is 2.08. The molecule has 0 aliphatic rings. The monoisotopic (exact) mass is 381 g/mol. The van der Waals surface area contributed by atoms with Gasteiger partial charge in [0, 0.05) is 11.8 Å². The molecule has 0 fully saturated rings. The number of hydrogen-bond donors (Lipinski definition) is 1. The van der Waals surface area contributed by atoms with E-state index >= 15 is 0 Å². The predicted molar refractivity (Wildman–Crippen MR) is 105 cm³/mol. The molecule has 27 heavy (non-hydrogen) atoms. The molecule has 0 atom stereocenters. The van der Waals surface area contributed by atoms with E-state index in [2.05, 4.69) is 11.4 Å². The topological polar surface area (TPSA) is 74.4 Å². The second-order valence-corrected chi connectivity index (χ2v) is 6.24. The van der Waals surface area contributed by atoms with Crippen LogP contribution in [0.5, 0.6) is 11.6 Å². The molecular weight excluding hydrogens is 364 g/mol. The molecule has 1 amide bonds. The maximum absolute atomic E-state index is 10.7. The largest absolute Gasteiger partial charge is 0.481 e. The Morgan fingerprint density at radius 1 is 1.15 bits per heavy atom. The van der Waals surface area contributed by atoms with Gasteiger partial charge in [0.05, 0.1) is 12.1 Å². The summed E-state index contributed by atoms with van der Waals surface area (Å²) in [5, 5.41) is 0.560. The minimum atomic E-state index is -0.819. The Kier molecular flexibility index (Phi) is 5.94. The molecular formula is C21H18ClN2O3. The van der Waals surface area contributed by atoms with Crippen molar-refractivity contribution in [2.24, 2.45) is 5.73 Å².